The highest BCUT2D eigenvalue weighted by Gasteiger charge is 2.38. The van der Waals surface area contributed by atoms with Gasteiger partial charge in [0.2, 0.25) is 0 Å². The number of nitrogen functional groups attached to an aromatic ring is 1. The first-order valence-electron chi connectivity index (χ1n) is 6.41. The summed E-state index contributed by atoms with van der Waals surface area (Å²) < 4.78 is 0.690. The average Bonchev–Trinajstić information content (AvgIpc) is 2.42. The fourth-order valence-corrected chi connectivity index (χ4v) is 2.64. The number of piperidine rings is 1. The Hall–Kier alpha value is -1.56. The van der Waals surface area contributed by atoms with Crippen LogP contribution in [-0.2, 0) is 4.79 Å². The smallest absolute Gasteiger partial charge is 0.309 e. The number of carbonyl (C=O) groups excluding carboxylic acids is 1. The minimum atomic E-state index is -0.792. The Morgan fingerprint density at radius 2 is 1.95 bits per heavy atom. The number of likely N-dealkylation sites (tertiary alicyclic amines) is 1. The lowest BCUT2D eigenvalue weighted by atomic mass is 9.80. The Balaban J connectivity index is 2.08. The Labute approximate surface area is 125 Å². The number of carboxylic acid groups (broad SMARTS) is 1. The van der Waals surface area contributed by atoms with Crippen LogP contribution in [0.2, 0.25) is 0 Å². The first-order chi connectivity index (χ1) is 9.33. The summed E-state index contributed by atoms with van der Waals surface area (Å²) in [6, 6.07) is 5.07. The maximum absolute atomic E-state index is 12.4. The molecule has 1 amide bonds. The Morgan fingerprint density at radius 1 is 1.35 bits per heavy atom. The maximum Gasteiger partial charge on any atom is 0.309 e. The molecule has 0 unspecified atom stereocenters. The number of hydrogen-bond donors (Lipinski definition) is 2. The molecule has 0 bridgehead atoms. The van der Waals surface area contributed by atoms with Gasteiger partial charge in [0, 0.05) is 28.8 Å². The molecule has 3 N–H and O–H groups in total. The highest BCUT2D eigenvalue weighted by atomic mass is 79.9. The quantitative estimate of drug-likeness (QED) is 0.809. The van der Waals surface area contributed by atoms with Crippen molar-refractivity contribution >= 4 is 33.5 Å². The van der Waals surface area contributed by atoms with Gasteiger partial charge in [0.05, 0.1) is 5.41 Å². The third-order valence-electron chi connectivity index (χ3n) is 3.92. The van der Waals surface area contributed by atoms with Crippen molar-refractivity contribution in [1.82, 2.24) is 4.90 Å². The zero-order valence-corrected chi connectivity index (χ0v) is 12.8. The highest BCUT2D eigenvalue weighted by Crippen LogP contribution is 2.32. The summed E-state index contributed by atoms with van der Waals surface area (Å²) in [5.74, 6) is -0.877. The molecule has 1 fully saturated rings. The number of rotatable bonds is 2. The second kappa shape index (κ2) is 5.44. The van der Waals surface area contributed by atoms with Gasteiger partial charge in [-0.05, 0) is 53.9 Å². The Bertz CT molecular complexity index is 551. The molecule has 20 heavy (non-hydrogen) atoms. The van der Waals surface area contributed by atoms with Gasteiger partial charge in [-0.1, -0.05) is 0 Å². The third-order valence-corrected chi connectivity index (χ3v) is 4.60. The molecule has 0 saturated carbocycles. The number of halogens is 1. The first kappa shape index (κ1) is 14.8. The van der Waals surface area contributed by atoms with Crippen LogP contribution < -0.4 is 5.73 Å². The van der Waals surface area contributed by atoms with Crippen LogP contribution >= 0.6 is 15.9 Å². The highest BCUT2D eigenvalue weighted by molar-refractivity contribution is 9.10. The SMILES string of the molecule is CC1(C(=O)O)CCN(C(=O)c2ccc(N)c(Br)c2)CC1. The largest absolute Gasteiger partial charge is 0.481 e. The lowest BCUT2D eigenvalue weighted by molar-refractivity contribution is -0.150. The molecule has 0 aromatic heterocycles. The van der Waals surface area contributed by atoms with Crippen molar-refractivity contribution in [2.45, 2.75) is 19.8 Å². The molecule has 1 saturated heterocycles. The van der Waals surface area contributed by atoms with E-state index >= 15 is 0 Å². The van der Waals surface area contributed by atoms with E-state index in [1.165, 1.54) is 0 Å². The van der Waals surface area contributed by atoms with Crippen molar-refractivity contribution in [1.29, 1.82) is 0 Å². The molecule has 108 valence electrons. The molecular weight excluding hydrogens is 324 g/mol. The molecule has 0 spiro atoms. The summed E-state index contributed by atoms with van der Waals surface area (Å²) in [7, 11) is 0. The van der Waals surface area contributed by atoms with Crippen LogP contribution in [-0.4, -0.2) is 35.0 Å². The third kappa shape index (κ3) is 2.80. The second-order valence-electron chi connectivity index (χ2n) is 5.39. The summed E-state index contributed by atoms with van der Waals surface area (Å²) in [4.78, 5) is 25.2. The van der Waals surface area contributed by atoms with Crippen LogP contribution in [0.3, 0.4) is 0 Å². The zero-order valence-electron chi connectivity index (χ0n) is 11.2. The number of anilines is 1. The van der Waals surface area contributed by atoms with Gasteiger partial charge in [0.25, 0.3) is 5.91 Å². The van der Waals surface area contributed by atoms with E-state index in [9.17, 15) is 14.7 Å². The van der Waals surface area contributed by atoms with Crippen LogP contribution in [0.5, 0.6) is 0 Å². The van der Waals surface area contributed by atoms with Crippen molar-refractivity contribution in [3.05, 3.63) is 28.2 Å². The van der Waals surface area contributed by atoms with Crippen LogP contribution in [0, 0.1) is 5.41 Å². The predicted molar refractivity (Wildman–Crippen MR) is 79.4 cm³/mol. The van der Waals surface area contributed by atoms with E-state index in [-0.39, 0.29) is 5.91 Å². The molecule has 2 rings (SSSR count). The van der Waals surface area contributed by atoms with Gasteiger partial charge >= 0.3 is 5.97 Å². The average molecular weight is 341 g/mol. The van der Waals surface area contributed by atoms with Crippen molar-refractivity contribution < 1.29 is 14.7 Å². The number of benzene rings is 1. The van der Waals surface area contributed by atoms with Crippen molar-refractivity contribution in [2.24, 2.45) is 5.41 Å². The number of amides is 1. The molecule has 1 aliphatic rings. The van der Waals surface area contributed by atoms with E-state index < -0.39 is 11.4 Å². The molecule has 0 radical (unpaired) electrons. The molecule has 1 aliphatic heterocycles. The number of carboxylic acids is 1. The normalized spacial score (nSPS) is 17.8. The first-order valence-corrected chi connectivity index (χ1v) is 7.20. The van der Waals surface area contributed by atoms with Gasteiger partial charge < -0.3 is 15.7 Å². The van der Waals surface area contributed by atoms with Crippen LogP contribution in [0.4, 0.5) is 5.69 Å². The van der Waals surface area contributed by atoms with Gasteiger partial charge in [0.15, 0.2) is 0 Å². The lowest BCUT2D eigenvalue weighted by Gasteiger charge is -2.36. The molecule has 0 atom stereocenters. The van der Waals surface area contributed by atoms with Gasteiger partial charge in [-0.15, -0.1) is 0 Å². The van der Waals surface area contributed by atoms with E-state index in [2.05, 4.69) is 15.9 Å². The van der Waals surface area contributed by atoms with E-state index in [1.807, 2.05) is 0 Å². The molecule has 1 aromatic rings. The fourth-order valence-electron chi connectivity index (χ4n) is 2.26. The van der Waals surface area contributed by atoms with E-state index in [0.717, 1.165) is 0 Å². The topological polar surface area (TPSA) is 83.6 Å². The van der Waals surface area contributed by atoms with Gasteiger partial charge in [-0.2, -0.15) is 0 Å². The van der Waals surface area contributed by atoms with Gasteiger partial charge in [-0.25, -0.2) is 0 Å². The second-order valence-corrected chi connectivity index (χ2v) is 6.25. The van der Waals surface area contributed by atoms with Gasteiger partial charge in [-0.3, -0.25) is 9.59 Å². The Morgan fingerprint density at radius 3 is 2.45 bits per heavy atom. The maximum atomic E-state index is 12.4. The summed E-state index contributed by atoms with van der Waals surface area (Å²) in [5, 5.41) is 9.18. The van der Waals surface area contributed by atoms with Crippen molar-refractivity contribution in [3.63, 3.8) is 0 Å². The minimum absolute atomic E-state index is 0.0851. The number of aliphatic carboxylic acids is 1. The standard InChI is InChI=1S/C14H17BrN2O3/c1-14(13(19)20)4-6-17(7-5-14)12(18)9-2-3-11(16)10(15)8-9/h2-3,8H,4-7,16H2,1H3,(H,19,20). The summed E-state index contributed by atoms with van der Waals surface area (Å²) in [5.41, 5.74) is 6.12. The minimum Gasteiger partial charge on any atom is -0.481 e. The van der Waals surface area contributed by atoms with Gasteiger partial charge in [0.1, 0.15) is 0 Å². The summed E-state index contributed by atoms with van der Waals surface area (Å²) >= 11 is 3.30. The van der Waals surface area contributed by atoms with E-state index in [4.69, 9.17) is 5.73 Å². The number of nitrogens with two attached hydrogens (primary N) is 1. The zero-order chi connectivity index (χ0) is 14.9. The van der Waals surface area contributed by atoms with Crippen LogP contribution in [0.15, 0.2) is 22.7 Å². The van der Waals surface area contributed by atoms with Crippen LogP contribution in [0.1, 0.15) is 30.1 Å². The van der Waals surface area contributed by atoms with E-state index in [1.54, 1.807) is 30.0 Å². The number of carbonyl (C=O) groups is 2. The molecule has 5 nitrogen and oxygen atoms in total. The molecule has 1 heterocycles. The number of nitrogens with zero attached hydrogens (tertiary/aromatic N) is 1. The summed E-state index contributed by atoms with van der Waals surface area (Å²) in [6.45, 7) is 2.66. The Kier molecular flexibility index (Phi) is 4.04. The molecule has 6 heteroatoms. The van der Waals surface area contributed by atoms with Crippen molar-refractivity contribution in [2.75, 3.05) is 18.8 Å². The van der Waals surface area contributed by atoms with Crippen LogP contribution in [0.25, 0.3) is 0 Å². The van der Waals surface area contributed by atoms with Crippen molar-refractivity contribution in [3.8, 4) is 0 Å². The monoisotopic (exact) mass is 340 g/mol. The predicted octanol–water partition coefficient (Wildman–Crippen LogP) is 2.36. The fraction of sp³-hybridized carbons (Fsp3) is 0.429. The molecular formula is C14H17BrN2O3. The number of hydrogen-bond acceptors (Lipinski definition) is 3. The lowest BCUT2D eigenvalue weighted by Crippen LogP contribution is -2.45. The summed E-state index contributed by atoms with van der Waals surface area (Å²) in [6.07, 6.45) is 0.953. The molecule has 0 aliphatic carbocycles. The molecule has 1 aromatic carbocycles. The van der Waals surface area contributed by atoms with E-state index in [0.29, 0.717) is 41.7 Å².